The van der Waals surface area contributed by atoms with Crippen LogP contribution in [0.2, 0.25) is 5.15 Å². The van der Waals surface area contributed by atoms with Crippen LogP contribution >= 0.6 is 11.6 Å². The molecule has 0 amide bonds. The van der Waals surface area contributed by atoms with Crippen LogP contribution in [0, 0.1) is 6.92 Å². The second kappa shape index (κ2) is 5.41. The second-order valence-corrected chi connectivity index (χ2v) is 5.13. The molecule has 2 rings (SSSR count). The molecule has 2 atom stereocenters. The molecule has 100 valence electrons. The van der Waals surface area contributed by atoms with E-state index >= 15 is 0 Å². The summed E-state index contributed by atoms with van der Waals surface area (Å²) in [4.78, 5) is 11.1. The average molecular weight is 270 g/mol. The van der Waals surface area contributed by atoms with Crippen molar-refractivity contribution in [2.75, 3.05) is 18.6 Å². The highest BCUT2D eigenvalue weighted by molar-refractivity contribution is 6.30. The molecule has 1 saturated heterocycles. The highest BCUT2D eigenvalue weighted by Gasteiger charge is 2.30. The van der Waals surface area contributed by atoms with Crippen molar-refractivity contribution in [3.05, 3.63) is 16.5 Å². The Hall–Kier alpha value is -0.870. The largest absolute Gasteiger partial charge is 0.376 e. The lowest BCUT2D eigenvalue weighted by Crippen LogP contribution is -2.38. The second-order valence-electron chi connectivity index (χ2n) is 4.78. The van der Waals surface area contributed by atoms with Crippen LogP contribution in [-0.2, 0) is 11.2 Å². The van der Waals surface area contributed by atoms with Crippen LogP contribution in [0.3, 0.4) is 0 Å². The third-order valence-electron chi connectivity index (χ3n) is 3.59. The first-order chi connectivity index (χ1) is 8.54. The van der Waals surface area contributed by atoms with E-state index in [0.717, 1.165) is 36.7 Å². The lowest BCUT2D eigenvalue weighted by molar-refractivity contribution is 0.118. The Bertz CT molecular complexity index is 438. The molecule has 4 nitrogen and oxygen atoms in total. The van der Waals surface area contributed by atoms with Gasteiger partial charge in [0.05, 0.1) is 12.1 Å². The van der Waals surface area contributed by atoms with Gasteiger partial charge in [-0.25, -0.2) is 9.97 Å². The third kappa shape index (κ3) is 2.45. The summed E-state index contributed by atoms with van der Waals surface area (Å²) in [5.41, 5.74) is 0.940. The zero-order valence-corrected chi connectivity index (χ0v) is 12.2. The fourth-order valence-electron chi connectivity index (χ4n) is 2.41. The quantitative estimate of drug-likeness (QED) is 0.791. The van der Waals surface area contributed by atoms with E-state index in [9.17, 15) is 0 Å². The zero-order chi connectivity index (χ0) is 13.3. The highest BCUT2D eigenvalue weighted by atomic mass is 35.5. The van der Waals surface area contributed by atoms with Gasteiger partial charge in [0, 0.05) is 25.6 Å². The molecule has 1 aliphatic rings. The lowest BCUT2D eigenvalue weighted by Gasteiger charge is -2.29. The first-order valence-corrected chi connectivity index (χ1v) is 6.79. The van der Waals surface area contributed by atoms with E-state index in [4.69, 9.17) is 16.3 Å². The Morgan fingerprint density at radius 1 is 1.44 bits per heavy atom. The van der Waals surface area contributed by atoms with Crippen molar-refractivity contribution < 1.29 is 4.74 Å². The number of hydrogen-bond donors (Lipinski definition) is 0. The number of ether oxygens (including phenoxy) is 1. The Morgan fingerprint density at radius 2 is 2.17 bits per heavy atom. The van der Waals surface area contributed by atoms with Gasteiger partial charge >= 0.3 is 0 Å². The zero-order valence-electron chi connectivity index (χ0n) is 11.4. The van der Waals surface area contributed by atoms with E-state index in [2.05, 4.69) is 28.8 Å². The number of rotatable bonds is 3. The fraction of sp³-hybridized carbons (Fsp3) is 0.692. The summed E-state index contributed by atoms with van der Waals surface area (Å²) < 4.78 is 5.62. The molecule has 0 aliphatic carbocycles. The van der Waals surface area contributed by atoms with Gasteiger partial charge in [0.1, 0.15) is 16.8 Å². The first kappa shape index (κ1) is 13.6. The van der Waals surface area contributed by atoms with Gasteiger partial charge in [-0.3, -0.25) is 0 Å². The Balaban J connectivity index is 2.34. The highest BCUT2D eigenvalue weighted by Crippen LogP contribution is 2.28. The van der Waals surface area contributed by atoms with Gasteiger partial charge in [-0.1, -0.05) is 18.5 Å². The van der Waals surface area contributed by atoms with Crippen LogP contribution in [0.4, 0.5) is 5.82 Å². The molecule has 1 aromatic rings. The maximum Gasteiger partial charge on any atom is 0.137 e. The van der Waals surface area contributed by atoms with E-state index in [1.165, 1.54) is 0 Å². The SMILES string of the molecule is CCc1nc(Cl)c(C)c(N(C)C2CCOC2C)n1. The predicted octanol–water partition coefficient (Wildman–Crippen LogP) is 2.61. The van der Waals surface area contributed by atoms with Crippen LogP contribution < -0.4 is 4.90 Å². The van der Waals surface area contributed by atoms with Crippen molar-refractivity contribution in [3.63, 3.8) is 0 Å². The summed E-state index contributed by atoms with van der Waals surface area (Å²) in [6.45, 7) is 6.92. The summed E-state index contributed by atoms with van der Waals surface area (Å²) in [6, 6.07) is 0.361. The minimum Gasteiger partial charge on any atom is -0.376 e. The van der Waals surface area contributed by atoms with E-state index in [1.54, 1.807) is 0 Å². The summed E-state index contributed by atoms with van der Waals surface area (Å²) in [5, 5.41) is 0.551. The number of halogens is 1. The third-order valence-corrected chi connectivity index (χ3v) is 3.96. The molecular formula is C13H20ClN3O. The molecule has 0 N–H and O–H groups in total. The molecule has 2 heterocycles. The minimum absolute atomic E-state index is 0.230. The van der Waals surface area contributed by atoms with Crippen molar-refractivity contribution >= 4 is 17.4 Å². The van der Waals surface area contributed by atoms with Gasteiger partial charge in [-0.05, 0) is 20.3 Å². The summed E-state index contributed by atoms with van der Waals surface area (Å²) in [7, 11) is 2.06. The van der Waals surface area contributed by atoms with Gasteiger partial charge < -0.3 is 9.64 Å². The molecule has 0 spiro atoms. The number of hydrogen-bond acceptors (Lipinski definition) is 4. The van der Waals surface area contributed by atoms with E-state index in [0.29, 0.717) is 11.2 Å². The van der Waals surface area contributed by atoms with E-state index < -0.39 is 0 Å². The number of nitrogens with zero attached hydrogens (tertiary/aromatic N) is 3. The van der Waals surface area contributed by atoms with Crippen LogP contribution in [0.5, 0.6) is 0 Å². The molecule has 0 saturated carbocycles. The maximum atomic E-state index is 6.18. The minimum atomic E-state index is 0.230. The smallest absolute Gasteiger partial charge is 0.137 e. The molecule has 2 unspecified atom stereocenters. The Labute approximate surface area is 113 Å². The normalized spacial score (nSPS) is 23.4. The fourth-order valence-corrected chi connectivity index (χ4v) is 2.59. The molecular weight excluding hydrogens is 250 g/mol. The van der Waals surface area contributed by atoms with Crippen molar-refractivity contribution in [1.29, 1.82) is 0 Å². The van der Waals surface area contributed by atoms with Gasteiger partial charge in [0.25, 0.3) is 0 Å². The average Bonchev–Trinajstić information content (AvgIpc) is 2.78. The van der Waals surface area contributed by atoms with Crippen molar-refractivity contribution in [2.45, 2.75) is 45.8 Å². The lowest BCUT2D eigenvalue weighted by atomic mass is 10.1. The Morgan fingerprint density at radius 3 is 2.72 bits per heavy atom. The van der Waals surface area contributed by atoms with Crippen molar-refractivity contribution in [1.82, 2.24) is 9.97 Å². The van der Waals surface area contributed by atoms with Crippen LogP contribution in [0.15, 0.2) is 0 Å². The van der Waals surface area contributed by atoms with Gasteiger partial charge in [0.2, 0.25) is 0 Å². The Kier molecular flexibility index (Phi) is 4.07. The van der Waals surface area contributed by atoms with Crippen molar-refractivity contribution in [2.24, 2.45) is 0 Å². The molecule has 0 aromatic carbocycles. The molecule has 1 fully saturated rings. The predicted molar refractivity (Wildman–Crippen MR) is 73.4 cm³/mol. The van der Waals surface area contributed by atoms with Crippen LogP contribution in [0.1, 0.15) is 31.7 Å². The van der Waals surface area contributed by atoms with Crippen LogP contribution in [-0.4, -0.2) is 35.8 Å². The topological polar surface area (TPSA) is 38.2 Å². The van der Waals surface area contributed by atoms with Gasteiger partial charge in [-0.15, -0.1) is 0 Å². The van der Waals surface area contributed by atoms with Crippen molar-refractivity contribution in [3.8, 4) is 0 Å². The van der Waals surface area contributed by atoms with E-state index in [1.807, 2.05) is 13.8 Å². The number of anilines is 1. The standard InChI is InChI=1S/C13H20ClN3O/c1-5-11-15-12(14)8(2)13(16-11)17(4)10-6-7-18-9(10)3/h9-10H,5-7H2,1-4H3. The molecule has 0 radical (unpaired) electrons. The summed E-state index contributed by atoms with van der Waals surface area (Å²) in [6.07, 6.45) is 2.05. The monoisotopic (exact) mass is 269 g/mol. The first-order valence-electron chi connectivity index (χ1n) is 6.42. The van der Waals surface area contributed by atoms with E-state index in [-0.39, 0.29) is 6.10 Å². The van der Waals surface area contributed by atoms with Gasteiger partial charge in [0.15, 0.2) is 0 Å². The van der Waals surface area contributed by atoms with Crippen LogP contribution in [0.25, 0.3) is 0 Å². The molecule has 5 heteroatoms. The summed E-state index contributed by atoms with van der Waals surface area (Å²) >= 11 is 6.18. The summed E-state index contributed by atoms with van der Waals surface area (Å²) in [5.74, 6) is 1.72. The number of likely N-dealkylation sites (N-methyl/N-ethyl adjacent to an activating group) is 1. The molecule has 18 heavy (non-hydrogen) atoms. The molecule has 0 bridgehead atoms. The number of aromatic nitrogens is 2. The maximum absolute atomic E-state index is 6.18. The number of aryl methyl sites for hydroxylation is 1. The molecule has 1 aliphatic heterocycles. The molecule has 1 aromatic heterocycles. The van der Waals surface area contributed by atoms with Gasteiger partial charge in [-0.2, -0.15) is 0 Å².